The van der Waals surface area contributed by atoms with Crippen molar-refractivity contribution in [3.8, 4) is 5.75 Å². The number of halogens is 1. The van der Waals surface area contributed by atoms with Crippen molar-refractivity contribution in [2.24, 2.45) is 4.99 Å². The highest BCUT2D eigenvalue weighted by atomic mass is 127. The Kier molecular flexibility index (Phi) is 10.4. The molecule has 8 heteroatoms. The van der Waals surface area contributed by atoms with Gasteiger partial charge < -0.3 is 25.1 Å². The van der Waals surface area contributed by atoms with E-state index in [4.69, 9.17) is 9.15 Å². The number of ether oxygens (including phenoxy) is 1. The summed E-state index contributed by atoms with van der Waals surface area (Å²) in [4.78, 5) is 16.7. The van der Waals surface area contributed by atoms with Crippen molar-refractivity contribution in [3.05, 3.63) is 84.3 Å². The van der Waals surface area contributed by atoms with Gasteiger partial charge in [-0.1, -0.05) is 30.3 Å². The van der Waals surface area contributed by atoms with Gasteiger partial charge >= 0.3 is 0 Å². The first-order chi connectivity index (χ1) is 14.7. The Hall–Kier alpha value is -3.01. The summed E-state index contributed by atoms with van der Waals surface area (Å²) < 4.78 is 10.8. The van der Waals surface area contributed by atoms with Crippen LogP contribution in [0.5, 0.6) is 5.75 Å². The van der Waals surface area contributed by atoms with Crippen LogP contribution in [-0.4, -0.2) is 31.6 Å². The summed E-state index contributed by atoms with van der Waals surface area (Å²) in [6.45, 7) is 4.40. The maximum atomic E-state index is 12.1. The Morgan fingerprint density at radius 1 is 1.03 bits per heavy atom. The zero-order chi connectivity index (χ0) is 21.0. The van der Waals surface area contributed by atoms with E-state index in [-0.39, 0.29) is 35.6 Å². The summed E-state index contributed by atoms with van der Waals surface area (Å²) in [7, 11) is 0. The zero-order valence-corrected chi connectivity index (χ0v) is 19.7. The standard InChI is InChI=1S/C23H26N4O3.HI/c1-2-24-23(25-13-15-29-20-10-4-3-5-11-20)26-17-18-8-6-9-19(16-18)27-22(28)21-12-7-14-30-21;/h3-12,14,16H,2,13,15,17H2,1H3,(H,27,28)(H2,24,25,26);1H. The Bertz CT molecular complexity index is 946. The average Bonchev–Trinajstić information content (AvgIpc) is 3.31. The van der Waals surface area contributed by atoms with Gasteiger partial charge in [0.25, 0.3) is 5.91 Å². The molecule has 0 saturated heterocycles. The van der Waals surface area contributed by atoms with E-state index < -0.39 is 0 Å². The largest absolute Gasteiger partial charge is 0.492 e. The molecule has 2 aromatic carbocycles. The van der Waals surface area contributed by atoms with E-state index in [1.807, 2.05) is 61.5 Å². The molecule has 0 aliphatic heterocycles. The van der Waals surface area contributed by atoms with E-state index in [1.165, 1.54) is 6.26 Å². The molecular formula is C23H27IN4O3. The number of hydrogen-bond acceptors (Lipinski definition) is 4. The average molecular weight is 534 g/mol. The first-order valence-corrected chi connectivity index (χ1v) is 9.88. The fourth-order valence-corrected chi connectivity index (χ4v) is 2.72. The molecule has 7 nitrogen and oxygen atoms in total. The normalized spacial score (nSPS) is 10.7. The molecule has 0 aliphatic rings. The number of nitrogens with one attached hydrogen (secondary N) is 3. The molecule has 0 radical (unpaired) electrons. The minimum absolute atomic E-state index is 0. The summed E-state index contributed by atoms with van der Waals surface area (Å²) in [5, 5.41) is 9.30. The van der Waals surface area contributed by atoms with Gasteiger partial charge in [-0.25, -0.2) is 4.99 Å². The van der Waals surface area contributed by atoms with Gasteiger partial charge in [0, 0.05) is 12.2 Å². The fourth-order valence-electron chi connectivity index (χ4n) is 2.72. The molecule has 0 aliphatic carbocycles. The lowest BCUT2D eigenvalue weighted by Crippen LogP contribution is -2.39. The summed E-state index contributed by atoms with van der Waals surface area (Å²) in [6.07, 6.45) is 1.47. The molecule has 0 unspecified atom stereocenters. The zero-order valence-electron chi connectivity index (χ0n) is 17.3. The summed E-state index contributed by atoms with van der Waals surface area (Å²) >= 11 is 0. The topological polar surface area (TPSA) is 87.9 Å². The van der Waals surface area contributed by atoms with Crippen molar-refractivity contribution in [2.75, 3.05) is 25.0 Å². The molecule has 3 rings (SSSR count). The van der Waals surface area contributed by atoms with E-state index in [0.29, 0.717) is 31.3 Å². The third-order valence-corrected chi connectivity index (χ3v) is 4.10. The van der Waals surface area contributed by atoms with E-state index in [0.717, 1.165) is 17.9 Å². The molecule has 0 fully saturated rings. The third kappa shape index (κ3) is 8.33. The molecular weight excluding hydrogens is 507 g/mol. The second-order valence-electron chi connectivity index (χ2n) is 6.42. The van der Waals surface area contributed by atoms with Crippen LogP contribution in [0.1, 0.15) is 23.0 Å². The molecule has 1 aromatic heterocycles. The molecule has 1 heterocycles. The van der Waals surface area contributed by atoms with Crippen molar-refractivity contribution in [1.29, 1.82) is 0 Å². The van der Waals surface area contributed by atoms with Crippen LogP contribution in [0.4, 0.5) is 5.69 Å². The smallest absolute Gasteiger partial charge is 0.291 e. The van der Waals surface area contributed by atoms with Crippen LogP contribution in [-0.2, 0) is 6.54 Å². The van der Waals surface area contributed by atoms with Crippen LogP contribution >= 0.6 is 24.0 Å². The van der Waals surface area contributed by atoms with Gasteiger partial charge in [-0.2, -0.15) is 0 Å². The fraction of sp³-hybridized carbons (Fsp3) is 0.217. The lowest BCUT2D eigenvalue weighted by atomic mass is 10.2. The third-order valence-electron chi connectivity index (χ3n) is 4.10. The van der Waals surface area contributed by atoms with Crippen molar-refractivity contribution in [2.45, 2.75) is 13.5 Å². The summed E-state index contributed by atoms with van der Waals surface area (Å²) in [5.74, 6) is 1.54. The van der Waals surface area contributed by atoms with Crippen molar-refractivity contribution >= 4 is 41.5 Å². The van der Waals surface area contributed by atoms with Gasteiger partial charge in [-0.3, -0.25) is 4.79 Å². The van der Waals surface area contributed by atoms with Gasteiger partial charge in [0.15, 0.2) is 11.7 Å². The molecule has 0 spiro atoms. The number of carbonyl (C=O) groups excluding carboxylic acids is 1. The number of carbonyl (C=O) groups is 1. The van der Waals surface area contributed by atoms with Crippen LogP contribution in [0.3, 0.4) is 0 Å². The SMILES string of the molecule is CCNC(=NCc1cccc(NC(=O)c2ccco2)c1)NCCOc1ccccc1.I. The minimum Gasteiger partial charge on any atom is -0.492 e. The lowest BCUT2D eigenvalue weighted by molar-refractivity contribution is 0.0996. The van der Waals surface area contributed by atoms with Gasteiger partial charge in [-0.05, 0) is 48.9 Å². The maximum absolute atomic E-state index is 12.1. The highest BCUT2D eigenvalue weighted by molar-refractivity contribution is 14.0. The quantitative estimate of drug-likeness (QED) is 0.165. The van der Waals surface area contributed by atoms with Crippen LogP contribution in [0.25, 0.3) is 0 Å². The summed E-state index contributed by atoms with van der Waals surface area (Å²) in [5.41, 5.74) is 1.67. The number of guanidine groups is 1. The van der Waals surface area contributed by atoms with E-state index in [2.05, 4.69) is 20.9 Å². The number of para-hydroxylation sites is 1. The highest BCUT2D eigenvalue weighted by Crippen LogP contribution is 2.13. The van der Waals surface area contributed by atoms with E-state index >= 15 is 0 Å². The molecule has 1 amide bonds. The first kappa shape index (κ1) is 24.3. The Morgan fingerprint density at radius 2 is 1.87 bits per heavy atom. The Labute approximate surface area is 199 Å². The monoisotopic (exact) mass is 534 g/mol. The number of nitrogens with zero attached hydrogens (tertiary/aromatic N) is 1. The molecule has 0 bridgehead atoms. The number of furan rings is 1. The number of aliphatic imine (C=N–C) groups is 1. The second-order valence-corrected chi connectivity index (χ2v) is 6.42. The number of hydrogen-bond donors (Lipinski definition) is 3. The Morgan fingerprint density at radius 3 is 2.61 bits per heavy atom. The predicted octanol–water partition coefficient (Wildman–Crippen LogP) is 4.28. The van der Waals surface area contributed by atoms with E-state index in [9.17, 15) is 4.79 Å². The molecule has 3 aromatic rings. The molecule has 3 N–H and O–H groups in total. The van der Waals surface area contributed by atoms with Gasteiger partial charge in [0.05, 0.1) is 19.4 Å². The highest BCUT2D eigenvalue weighted by Gasteiger charge is 2.08. The van der Waals surface area contributed by atoms with Gasteiger partial charge in [0.1, 0.15) is 12.4 Å². The van der Waals surface area contributed by atoms with Crippen molar-refractivity contribution in [3.63, 3.8) is 0 Å². The van der Waals surface area contributed by atoms with Crippen LogP contribution in [0.15, 0.2) is 82.4 Å². The first-order valence-electron chi connectivity index (χ1n) is 9.88. The lowest BCUT2D eigenvalue weighted by Gasteiger charge is -2.12. The number of benzene rings is 2. The number of amides is 1. The predicted molar refractivity (Wildman–Crippen MR) is 133 cm³/mol. The maximum Gasteiger partial charge on any atom is 0.291 e. The Balaban J connectivity index is 0.00000341. The molecule has 164 valence electrons. The van der Waals surface area contributed by atoms with Crippen molar-refractivity contribution in [1.82, 2.24) is 10.6 Å². The number of rotatable bonds is 9. The number of anilines is 1. The molecule has 31 heavy (non-hydrogen) atoms. The van der Waals surface area contributed by atoms with Crippen LogP contribution < -0.4 is 20.7 Å². The van der Waals surface area contributed by atoms with E-state index in [1.54, 1.807) is 12.1 Å². The summed E-state index contributed by atoms with van der Waals surface area (Å²) in [6, 6.07) is 20.6. The molecule has 0 saturated carbocycles. The van der Waals surface area contributed by atoms with Crippen LogP contribution in [0, 0.1) is 0 Å². The minimum atomic E-state index is -0.283. The van der Waals surface area contributed by atoms with Gasteiger partial charge in [-0.15, -0.1) is 24.0 Å². The van der Waals surface area contributed by atoms with Crippen LogP contribution in [0.2, 0.25) is 0 Å². The second kappa shape index (κ2) is 13.3. The van der Waals surface area contributed by atoms with Gasteiger partial charge in [0.2, 0.25) is 0 Å². The molecule has 0 atom stereocenters. The van der Waals surface area contributed by atoms with Crippen molar-refractivity contribution < 1.29 is 13.9 Å².